The van der Waals surface area contributed by atoms with Crippen molar-refractivity contribution < 1.29 is 4.79 Å². The van der Waals surface area contributed by atoms with Gasteiger partial charge < -0.3 is 5.32 Å². The van der Waals surface area contributed by atoms with Crippen molar-refractivity contribution in [2.24, 2.45) is 0 Å². The number of rotatable bonds is 5. The Morgan fingerprint density at radius 3 is 2.46 bits per heavy atom. The SMILES string of the molecule is O=C(c1ccccc1)n1nc(-c2ccccn2)nc1NCc1ccccc1Cl. The molecule has 0 unspecified atom stereocenters. The van der Waals surface area contributed by atoms with Gasteiger partial charge in [0.15, 0.2) is 0 Å². The number of anilines is 1. The van der Waals surface area contributed by atoms with Crippen molar-refractivity contribution in [3.05, 3.63) is 95.1 Å². The maximum absolute atomic E-state index is 13.0. The van der Waals surface area contributed by atoms with Crippen LogP contribution < -0.4 is 5.32 Å². The number of carbonyl (C=O) groups excluding carboxylic acids is 1. The van der Waals surface area contributed by atoms with E-state index in [0.29, 0.717) is 34.6 Å². The number of halogens is 1. The highest BCUT2D eigenvalue weighted by Crippen LogP contribution is 2.20. The molecule has 2 heterocycles. The third kappa shape index (κ3) is 3.77. The Bertz CT molecular complexity index is 1100. The minimum atomic E-state index is -0.281. The maximum Gasteiger partial charge on any atom is 0.281 e. The van der Waals surface area contributed by atoms with Gasteiger partial charge in [-0.25, -0.2) is 0 Å². The highest BCUT2D eigenvalue weighted by atomic mass is 35.5. The van der Waals surface area contributed by atoms with Crippen LogP contribution in [0.5, 0.6) is 0 Å². The number of hydrogen-bond donors (Lipinski definition) is 1. The van der Waals surface area contributed by atoms with Gasteiger partial charge in [0.2, 0.25) is 11.8 Å². The summed E-state index contributed by atoms with van der Waals surface area (Å²) in [7, 11) is 0. The van der Waals surface area contributed by atoms with Crippen LogP contribution in [0.15, 0.2) is 79.0 Å². The minimum absolute atomic E-state index is 0.281. The molecule has 4 aromatic rings. The van der Waals surface area contributed by atoms with E-state index in [4.69, 9.17) is 11.6 Å². The van der Waals surface area contributed by atoms with Gasteiger partial charge in [-0.05, 0) is 35.9 Å². The molecule has 7 heteroatoms. The highest BCUT2D eigenvalue weighted by Gasteiger charge is 2.19. The standard InChI is InChI=1S/C21H16ClN5O/c22-17-11-5-4-10-16(17)14-24-21-25-19(18-12-6-7-13-23-18)26-27(21)20(28)15-8-2-1-3-9-15/h1-13H,14H2,(H,24,25,26). The Labute approximate surface area is 166 Å². The van der Waals surface area contributed by atoms with Crippen LogP contribution in [0, 0.1) is 0 Å². The molecule has 0 aliphatic rings. The first kappa shape index (κ1) is 17.9. The molecule has 0 aliphatic carbocycles. The van der Waals surface area contributed by atoms with E-state index in [2.05, 4.69) is 20.4 Å². The molecule has 0 amide bonds. The van der Waals surface area contributed by atoms with Crippen LogP contribution in [-0.2, 0) is 6.54 Å². The molecular weight excluding hydrogens is 374 g/mol. The molecule has 6 nitrogen and oxygen atoms in total. The van der Waals surface area contributed by atoms with Gasteiger partial charge in [0.1, 0.15) is 5.69 Å². The van der Waals surface area contributed by atoms with Gasteiger partial charge in [0.25, 0.3) is 5.91 Å². The van der Waals surface area contributed by atoms with Crippen LogP contribution in [0.25, 0.3) is 11.5 Å². The number of benzene rings is 2. The summed E-state index contributed by atoms with van der Waals surface area (Å²) in [5.41, 5.74) is 1.99. The molecule has 1 N–H and O–H groups in total. The molecule has 138 valence electrons. The zero-order valence-corrected chi connectivity index (χ0v) is 15.5. The van der Waals surface area contributed by atoms with E-state index in [0.717, 1.165) is 5.56 Å². The van der Waals surface area contributed by atoms with Crippen LogP contribution in [0.4, 0.5) is 5.95 Å². The van der Waals surface area contributed by atoms with Crippen LogP contribution in [0.2, 0.25) is 5.02 Å². The van der Waals surface area contributed by atoms with E-state index in [1.54, 1.807) is 36.5 Å². The second kappa shape index (κ2) is 8.02. The van der Waals surface area contributed by atoms with Crippen molar-refractivity contribution >= 4 is 23.5 Å². The van der Waals surface area contributed by atoms with Gasteiger partial charge in [-0.1, -0.05) is 54.1 Å². The summed E-state index contributed by atoms with van der Waals surface area (Å²) in [4.78, 5) is 21.7. The zero-order valence-electron chi connectivity index (χ0n) is 14.8. The molecule has 0 bridgehead atoms. The third-order valence-electron chi connectivity index (χ3n) is 4.11. The molecule has 0 atom stereocenters. The zero-order chi connectivity index (χ0) is 19.3. The van der Waals surface area contributed by atoms with Crippen LogP contribution in [-0.4, -0.2) is 25.7 Å². The second-order valence-corrected chi connectivity index (χ2v) is 6.41. The van der Waals surface area contributed by atoms with Gasteiger partial charge >= 0.3 is 0 Å². The fourth-order valence-electron chi connectivity index (χ4n) is 2.69. The molecule has 2 aromatic heterocycles. The summed E-state index contributed by atoms with van der Waals surface area (Å²) in [6.45, 7) is 0.405. The molecule has 0 saturated heterocycles. The number of nitrogens with one attached hydrogen (secondary N) is 1. The highest BCUT2D eigenvalue weighted by molar-refractivity contribution is 6.31. The number of carbonyl (C=O) groups is 1. The van der Waals surface area contributed by atoms with Crippen molar-refractivity contribution in [2.75, 3.05) is 5.32 Å². The van der Waals surface area contributed by atoms with Gasteiger partial charge in [-0.15, -0.1) is 5.10 Å². The van der Waals surface area contributed by atoms with Gasteiger partial charge in [0.05, 0.1) is 0 Å². The fourth-order valence-corrected chi connectivity index (χ4v) is 2.89. The Morgan fingerprint density at radius 1 is 0.964 bits per heavy atom. The van der Waals surface area contributed by atoms with Crippen molar-refractivity contribution in [3.63, 3.8) is 0 Å². The third-order valence-corrected chi connectivity index (χ3v) is 4.48. The molecule has 4 rings (SSSR count). The predicted octanol–water partition coefficient (Wildman–Crippen LogP) is 4.29. The average molecular weight is 390 g/mol. The van der Waals surface area contributed by atoms with Crippen molar-refractivity contribution in [1.82, 2.24) is 19.7 Å². The summed E-state index contributed by atoms with van der Waals surface area (Å²) in [5, 5.41) is 8.20. The number of aromatic nitrogens is 4. The van der Waals surface area contributed by atoms with E-state index in [1.807, 2.05) is 42.5 Å². The van der Waals surface area contributed by atoms with Crippen molar-refractivity contribution in [1.29, 1.82) is 0 Å². The largest absolute Gasteiger partial charge is 0.350 e. The molecule has 0 aliphatic heterocycles. The molecule has 0 saturated carbocycles. The second-order valence-electron chi connectivity index (χ2n) is 6.00. The number of pyridine rings is 1. The molecule has 0 fully saturated rings. The average Bonchev–Trinajstić information content (AvgIpc) is 3.18. The summed E-state index contributed by atoms with van der Waals surface area (Å²) in [6.07, 6.45) is 1.66. The lowest BCUT2D eigenvalue weighted by Crippen LogP contribution is -2.17. The molecule has 2 aromatic carbocycles. The monoisotopic (exact) mass is 389 g/mol. The summed E-state index contributed by atoms with van der Waals surface area (Å²) < 4.78 is 1.26. The number of hydrogen-bond acceptors (Lipinski definition) is 5. The predicted molar refractivity (Wildman–Crippen MR) is 108 cm³/mol. The lowest BCUT2D eigenvalue weighted by molar-refractivity contribution is 0.0947. The Kier molecular flexibility index (Phi) is 5.12. The summed E-state index contributed by atoms with van der Waals surface area (Å²) >= 11 is 6.23. The molecule has 28 heavy (non-hydrogen) atoms. The van der Waals surface area contributed by atoms with Gasteiger partial charge in [-0.2, -0.15) is 9.67 Å². The lowest BCUT2D eigenvalue weighted by atomic mass is 10.2. The Hall–Kier alpha value is -3.51. The van der Waals surface area contributed by atoms with Crippen LogP contribution >= 0.6 is 11.6 Å². The quantitative estimate of drug-likeness (QED) is 0.551. The van der Waals surface area contributed by atoms with E-state index in [-0.39, 0.29) is 5.91 Å². The smallest absolute Gasteiger partial charge is 0.281 e. The van der Waals surface area contributed by atoms with E-state index in [1.165, 1.54) is 4.68 Å². The number of nitrogens with zero attached hydrogens (tertiary/aromatic N) is 4. The minimum Gasteiger partial charge on any atom is -0.350 e. The summed E-state index contributed by atoms with van der Waals surface area (Å²) in [5.74, 6) is 0.415. The van der Waals surface area contributed by atoms with E-state index in [9.17, 15) is 4.79 Å². The molecule has 0 radical (unpaired) electrons. The first-order chi connectivity index (χ1) is 13.7. The molecule has 0 spiro atoms. The molecular formula is C21H16ClN5O. The lowest BCUT2D eigenvalue weighted by Gasteiger charge is -2.08. The fraction of sp³-hybridized carbons (Fsp3) is 0.0476. The van der Waals surface area contributed by atoms with Gasteiger partial charge in [-0.3, -0.25) is 9.78 Å². The Balaban J connectivity index is 1.70. The topological polar surface area (TPSA) is 72.7 Å². The summed E-state index contributed by atoms with van der Waals surface area (Å²) in [6, 6.07) is 21.9. The first-order valence-corrected chi connectivity index (χ1v) is 9.05. The first-order valence-electron chi connectivity index (χ1n) is 8.68. The normalized spacial score (nSPS) is 10.6. The van der Waals surface area contributed by atoms with Crippen molar-refractivity contribution in [3.8, 4) is 11.5 Å². The maximum atomic E-state index is 13.0. The van der Waals surface area contributed by atoms with Gasteiger partial charge in [0, 0.05) is 23.3 Å². The Morgan fingerprint density at radius 2 is 1.71 bits per heavy atom. The van der Waals surface area contributed by atoms with Crippen molar-refractivity contribution in [2.45, 2.75) is 6.54 Å². The van der Waals surface area contributed by atoms with E-state index >= 15 is 0 Å². The van der Waals surface area contributed by atoms with Crippen LogP contribution in [0.3, 0.4) is 0 Å². The van der Waals surface area contributed by atoms with E-state index < -0.39 is 0 Å². The van der Waals surface area contributed by atoms with Crippen LogP contribution in [0.1, 0.15) is 15.9 Å².